The fourth-order valence-corrected chi connectivity index (χ4v) is 8.31. The van der Waals surface area contributed by atoms with Crippen LogP contribution in [-0.2, 0) is 69.2 Å². The number of ether oxygens (including phenoxy) is 2. The van der Waals surface area contributed by atoms with Crippen LogP contribution in [0.5, 0.6) is 0 Å². The molecule has 0 saturated carbocycles. The van der Waals surface area contributed by atoms with Gasteiger partial charge in [-0.1, -0.05) is 0 Å². The van der Waals surface area contributed by atoms with Crippen molar-refractivity contribution in [3.05, 3.63) is 68.8 Å². The summed E-state index contributed by atoms with van der Waals surface area (Å²) in [5.74, 6) is -14.0. The van der Waals surface area contributed by atoms with Crippen molar-refractivity contribution >= 4 is 0 Å². The summed E-state index contributed by atoms with van der Waals surface area (Å²) < 4.78 is 147. The first-order valence-corrected chi connectivity index (χ1v) is 15.7. The topological polar surface area (TPSA) is 55.4 Å². The number of benzene rings is 2. The van der Waals surface area contributed by atoms with Gasteiger partial charge in [0.15, 0.2) is 0 Å². The Hall–Kier alpha value is -1.48. The number of hydrogen-bond donors (Lipinski definition) is 0. The van der Waals surface area contributed by atoms with Crippen molar-refractivity contribution in [3.63, 3.8) is 0 Å². The molecule has 0 aliphatic rings. The van der Waals surface area contributed by atoms with E-state index in [1.807, 2.05) is 0 Å². The van der Waals surface area contributed by atoms with Gasteiger partial charge in [0.05, 0.1) is 0 Å². The summed E-state index contributed by atoms with van der Waals surface area (Å²) in [4.78, 5) is 0. The Bertz CT molecular complexity index is 991. The van der Waals surface area contributed by atoms with Gasteiger partial charge in [-0.25, -0.2) is 0 Å². The zero-order valence-corrected chi connectivity index (χ0v) is 24.1. The van der Waals surface area contributed by atoms with Crippen LogP contribution < -0.4 is 0 Å². The van der Waals surface area contributed by atoms with Crippen molar-refractivity contribution in [1.82, 2.24) is 0 Å². The van der Waals surface area contributed by atoms with Crippen LogP contribution in [0.2, 0.25) is 0 Å². The van der Waals surface area contributed by atoms with Crippen molar-refractivity contribution in [2.45, 2.75) is 53.1 Å². The summed E-state index contributed by atoms with van der Waals surface area (Å²) in [5.41, 5.74) is -4.32. The van der Waals surface area contributed by atoms with Gasteiger partial charge in [0.25, 0.3) is 0 Å². The molecule has 39 heavy (non-hydrogen) atoms. The fourth-order valence-electron chi connectivity index (χ4n) is 3.27. The zero-order chi connectivity index (χ0) is 29.3. The van der Waals surface area contributed by atoms with Crippen molar-refractivity contribution in [2.75, 3.05) is 27.4 Å². The molecule has 15 heteroatoms. The third-order valence-electron chi connectivity index (χ3n) is 5.22. The Kier molecular flexibility index (Phi) is 13.4. The van der Waals surface area contributed by atoms with Gasteiger partial charge in [0.2, 0.25) is 0 Å². The molecule has 2 aromatic rings. The van der Waals surface area contributed by atoms with Gasteiger partial charge >= 0.3 is 227 Å². The summed E-state index contributed by atoms with van der Waals surface area (Å²) in [7, 11) is 2.13. The van der Waals surface area contributed by atoms with E-state index < -0.39 is 117 Å². The average Bonchev–Trinajstić information content (AvgIpc) is 2.93. The van der Waals surface area contributed by atoms with Crippen molar-refractivity contribution in [1.29, 1.82) is 0 Å². The maximum absolute atomic E-state index is 14.6. The number of methoxy groups -OCH3 is 2. The second-order valence-corrected chi connectivity index (χ2v) is 13.4. The predicted octanol–water partition coefficient (Wildman–Crippen LogP) is 6.49. The quantitative estimate of drug-likeness (QED) is 0.152. The van der Waals surface area contributed by atoms with E-state index in [0.29, 0.717) is 12.8 Å². The minimum atomic E-state index is -5.58. The van der Waals surface area contributed by atoms with Crippen LogP contribution in [0.25, 0.3) is 0 Å². The Morgan fingerprint density at radius 3 is 0.923 bits per heavy atom. The molecule has 2 aromatic carbocycles. The average molecular weight is 656 g/mol. The first kappa shape index (κ1) is 33.7. The first-order chi connectivity index (χ1) is 18.5. The fraction of sp³-hybridized carbons (Fsp3) is 0.500. The summed E-state index contributed by atoms with van der Waals surface area (Å²) in [6.07, 6.45) is 0.659. The SMILES string of the molecule is CCC[O][Zr]([O]CCC)([O]Cc1c(F)c(F)c(COC)c(F)c1F)[O]Cc1c(F)c(F)c(COC)c(F)c1F. The van der Waals surface area contributed by atoms with Gasteiger partial charge < -0.3 is 0 Å². The monoisotopic (exact) mass is 654 g/mol. The van der Waals surface area contributed by atoms with Crippen LogP contribution in [0.1, 0.15) is 48.9 Å². The predicted molar refractivity (Wildman–Crippen MR) is 116 cm³/mol. The van der Waals surface area contributed by atoms with E-state index in [2.05, 4.69) is 9.47 Å². The van der Waals surface area contributed by atoms with Crippen molar-refractivity contribution < 1.29 is 77.9 Å². The molecule has 0 aliphatic carbocycles. The van der Waals surface area contributed by atoms with Gasteiger partial charge in [-0.2, -0.15) is 0 Å². The maximum atomic E-state index is 14.6. The Morgan fingerprint density at radius 2 is 0.692 bits per heavy atom. The molecule has 0 aliphatic heterocycles. The number of hydrogen-bond acceptors (Lipinski definition) is 6. The van der Waals surface area contributed by atoms with E-state index in [-0.39, 0.29) is 13.2 Å². The van der Waals surface area contributed by atoms with Gasteiger partial charge in [-0.15, -0.1) is 0 Å². The zero-order valence-electron chi connectivity index (χ0n) is 21.6. The number of rotatable bonds is 16. The van der Waals surface area contributed by atoms with Gasteiger partial charge in [0.1, 0.15) is 0 Å². The van der Waals surface area contributed by atoms with E-state index in [4.69, 9.17) is 11.3 Å². The van der Waals surface area contributed by atoms with Crippen LogP contribution in [0.15, 0.2) is 0 Å². The standard InChI is InChI=1S/2C9H7F4O2.2C3H7O.Zr/c2*1-15-3-5-8(12)6(10)4(2-14)7(11)9(5)13;2*1-2-3-4;/h2*2-3H2,1H3;2*2-3H2,1H3;/q4*-1;+4. The molecule has 0 aromatic heterocycles. The van der Waals surface area contributed by atoms with E-state index in [1.54, 1.807) is 13.8 Å². The molecular weight excluding hydrogens is 627 g/mol. The molecule has 0 saturated heterocycles. The molecular formula is C24H28F8O6Zr. The molecule has 0 N–H and O–H groups in total. The van der Waals surface area contributed by atoms with E-state index >= 15 is 0 Å². The molecule has 0 heterocycles. The van der Waals surface area contributed by atoms with Crippen LogP contribution in [0.4, 0.5) is 35.1 Å². The Labute approximate surface area is 227 Å². The van der Waals surface area contributed by atoms with E-state index in [0.717, 1.165) is 14.2 Å². The molecule has 0 radical (unpaired) electrons. The molecule has 0 unspecified atom stereocenters. The van der Waals surface area contributed by atoms with Gasteiger partial charge in [-0.3, -0.25) is 0 Å². The third-order valence-corrected chi connectivity index (χ3v) is 10.4. The van der Waals surface area contributed by atoms with Crippen LogP contribution >= 0.6 is 0 Å². The molecule has 220 valence electrons. The second kappa shape index (κ2) is 15.5. The first-order valence-electron chi connectivity index (χ1n) is 11.7. The molecule has 0 fully saturated rings. The molecule has 0 atom stereocenters. The summed E-state index contributed by atoms with van der Waals surface area (Å²) in [6, 6.07) is 0. The van der Waals surface area contributed by atoms with Gasteiger partial charge in [-0.05, 0) is 0 Å². The summed E-state index contributed by atoms with van der Waals surface area (Å²) in [5, 5.41) is 0. The van der Waals surface area contributed by atoms with Crippen LogP contribution in [-0.4, -0.2) is 27.4 Å². The molecule has 2 rings (SSSR count). The molecule has 6 nitrogen and oxygen atoms in total. The molecule has 0 spiro atoms. The Balaban J connectivity index is 2.47. The molecule has 0 bridgehead atoms. The van der Waals surface area contributed by atoms with Crippen LogP contribution in [0.3, 0.4) is 0 Å². The van der Waals surface area contributed by atoms with E-state index in [1.165, 1.54) is 0 Å². The Morgan fingerprint density at radius 1 is 0.436 bits per heavy atom. The third kappa shape index (κ3) is 7.84. The summed E-state index contributed by atoms with van der Waals surface area (Å²) >= 11 is -5.58. The van der Waals surface area contributed by atoms with Crippen LogP contribution in [0, 0.1) is 46.5 Å². The van der Waals surface area contributed by atoms with E-state index in [9.17, 15) is 35.1 Å². The number of halogens is 8. The van der Waals surface area contributed by atoms with Gasteiger partial charge in [0, 0.05) is 0 Å². The molecule has 0 amide bonds. The summed E-state index contributed by atoms with van der Waals surface area (Å²) in [6.45, 7) is -0.772. The second-order valence-electron chi connectivity index (χ2n) is 8.07. The normalized spacial score (nSPS) is 12.0. The minimum absolute atomic E-state index is 0.124. The van der Waals surface area contributed by atoms with Crippen molar-refractivity contribution in [2.24, 2.45) is 0 Å². The van der Waals surface area contributed by atoms with Crippen molar-refractivity contribution in [3.8, 4) is 0 Å².